The Kier molecular flexibility index (Phi) is 3.43. The van der Waals surface area contributed by atoms with Crippen molar-refractivity contribution >= 4 is 17.2 Å². The Bertz CT molecular complexity index is 515. The summed E-state index contributed by atoms with van der Waals surface area (Å²) in [5.41, 5.74) is 0.0633. The maximum absolute atomic E-state index is 12.8. The van der Waals surface area contributed by atoms with Crippen molar-refractivity contribution in [3.8, 4) is 0 Å². The summed E-state index contributed by atoms with van der Waals surface area (Å²) in [6.45, 7) is 1.82. The third kappa shape index (κ3) is 2.85. The van der Waals surface area contributed by atoms with Crippen LogP contribution in [0.25, 0.3) is 0 Å². The number of nitrogens with zero attached hydrogens (tertiary/aromatic N) is 2. The lowest BCUT2D eigenvalue weighted by atomic mass is 10.3. The fourth-order valence-corrected chi connectivity index (χ4v) is 1.96. The van der Waals surface area contributed by atoms with Crippen molar-refractivity contribution in [3.05, 3.63) is 46.4 Å². The van der Waals surface area contributed by atoms with Gasteiger partial charge in [0.2, 0.25) is 5.95 Å². The van der Waals surface area contributed by atoms with Crippen LogP contribution in [0.15, 0.2) is 29.8 Å². The fourth-order valence-electron chi connectivity index (χ4n) is 1.32. The van der Waals surface area contributed by atoms with Crippen LogP contribution in [0.4, 0.5) is 4.39 Å². The minimum atomic E-state index is -0.667. The Hall–Kier alpha value is -1.82. The number of thiazole rings is 1. The van der Waals surface area contributed by atoms with Gasteiger partial charge in [-0.15, -0.1) is 11.3 Å². The number of amides is 1. The SMILES string of the molecule is CC(NC(=O)c1cccc(F)n1)c1nccs1. The molecule has 2 aromatic rings. The Morgan fingerprint density at radius 1 is 1.53 bits per heavy atom. The number of hydrogen-bond acceptors (Lipinski definition) is 4. The molecule has 1 atom stereocenters. The molecule has 6 heteroatoms. The van der Waals surface area contributed by atoms with Gasteiger partial charge in [0.1, 0.15) is 10.7 Å². The second-order valence-electron chi connectivity index (χ2n) is 3.41. The average molecular weight is 251 g/mol. The second-order valence-corrected chi connectivity index (χ2v) is 4.34. The summed E-state index contributed by atoms with van der Waals surface area (Å²) in [5, 5.41) is 5.34. The predicted octanol–water partition coefficient (Wildman–Crippen LogP) is 2.17. The molecule has 0 spiro atoms. The van der Waals surface area contributed by atoms with Crippen molar-refractivity contribution < 1.29 is 9.18 Å². The van der Waals surface area contributed by atoms with Gasteiger partial charge >= 0.3 is 0 Å². The van der Waals surface area contributed by atoms with Gasteiger partial charge in [0.15, 0.2) is 0 Å². The van der Waals surface area contributed by atoms with Crippen LogP contribution in [-0.2, 0) is 0 Å². The molecule has 17 heavy (non-hydrogen) atoms. The standard InChI is InChI=1S/C11H10FN3OS/c1-7(11-13-5-6-17-11)14-10(16)8-3-2-4-9(12)15-8/h2-7H,1H3,(H,14,16). The summed E-state index contributed by atoms with van der Waals surface area (Å²) in [6.07, 6.45) is 1.67. The van der Waals surface area contributed by atoms with E-state index >= 15 is 0 Å². The van der Waals surface area contributed by atoms with Crippen molar-refractivity contribution in [2.24, 2.45) is 0 Å². The lowest BCUT2D eigenvalue weighted by Crippen LogP contribution is -2.27. The maximum atomic E-state index is 12.8. The summed E-state index contributed by atoms with van der Waals surface area (Å²) in [4.78, 5) is 19.3. The van der Waals surface area contributed by atoms with Crippen molar-refractivity contribution in [2.45, 2.75) is 13.0 Å². The van der Waals surface area contributed by atoms with Crippen LogP contribution in [0.2, 0.25) is 0 Å². The molecule has 4 nitrogen and oxygen atoms in total. The van der Waals surface area contributed by atoms with Gasteiger partial charge in [-0.25, -0.2) is 9.97 Å². The van der Waals surface area contributed by atoms with Gasteiger partial charge in [-0.05, 0) is 19.1 Å². The smallest absolute Gasteiger partial charge is 0.270 e. The molecule has 0 fully saturated rings. The maximum Gasteiger partial charge on any atom is 0.270 e. The third-order valence-corrected chi connectivity index (χ3v) is 3.08. The second kappa shape index (κ2) is 5.01. The van der Waals surface area contributed by atoms with E-state index in [1.54, 1.807) is 6.20 Å². The lowest BCUT2D eigenvalue weighted by Gasteiger charge is -2.10. The van der Waals surface area contributed by atoms with Crippen LogP contribution in [0.3, 0.4) is 0 Å². The molecule has 0 bridgehead atoms. The zero-order chi connectivity index (χ0) is 12.3. The zero-order valence-corrected chi connectivity index (χ0v) is 9.87. The molecule has 1 N–H and O–H groups in total. The Labute approximate surface area is 102 Å². The molecule has 0 radical (unpaired) electrons. The van der Waals surface area contributed by atoms with Crippen LogP contribution >= 0.6 is 11.3 Å². The molecule has 2 heterocycles. The van der Waals surface area contributed by atoms with Crippen molar-refractivity contribution in [1.29, 1.82) is 0 Å². The highest BCUT2D eigenvalue weighted by Gasteiger charge is 2.14. The molecular formula is C11H10FN3OS. The Balaban J connectivity index is 2.07. The lowest BCUT2D eigenvalue weighted by molar-refractivity contribution is 0.0933. The third-order valence-electron chi connectivity index (χ3n) is 2.12. The highest BCUT2D eigenvalue weighted by molar-refractivity contribution is 7.09. The van der Waals surface area contributed by atoms with Crippen LogP contribution in [0.1, 0.15) is 28.5 Å². The van der Waals surface area contributed by atoms with Gasteiger partial charge in [0.05, 0.1) is 6.04 Å². The summed E-state index contributed by atoms with van der Waals surface area (Å²) in [7, 11) is 0. The van der Waals surface area contributed by atoms with E-state index in [0.717, 1.165) is 5.01 Å². The van der Waals surface area contributed by atoms with Gasteiger partial charge in [-0.1, -0.05) is 6.07 Å². The molecule has 2 aromatic heterocycles. The zero-order valence-electron chi connectivity index (χ0n) is 9.05. The van der Waals surface area contributed by atoms with Crippen molar-refractivity contribution in [1.82, 2.24) is 15.3 Å². The molecule has 0 aliphatic carbocycles. The number of hydrogen-bond donors (Lipinski definition) is 1. The van der Waals surface area contributed by atoms with E-state index in [1.807, 2.05) is 12.3 Å². The number of rotatable bonds is 3. The summed E-state index contributed by atoms with van der Waals surface area (Å²) >= 11 is 1.45. The normalized spacial score (nSPS) is 12.1. The molecule has 0 aromatic carbocycles. The van der Waals surface area contributed by atoms with Gasteiger partial charge < -0.3 is 5.32 Å². The van der Waals surface area contributed by atoms with Crippen molar-refractivity contribution in [2.75, 3.05) is 0 Å². The highest BCUT2D eigenvalue weighted by Crippen LogP contribution is 2.15. The quantitative estimate of drug-likeness (QED) is 0.850. The van der Waals surface area contributed by atoms with Gasteiger partial charge in [-0.2, -0.15) is 4.39 Å². The number of aromatic nitrogens is 2. The summed E-state index contributed by atoms with van der Waals surface area (Å²) < 4.78 is 12.8. The van der Waals surface area contributed by atoms with E-state index in [-0.39, 0.29) is 11.7 Å². The van der Waals surface area contributed by atoms with Gasteiger partial charge in [0, 0.05) is 11.6 Å². The Morgan fingerprint density at radius 3 is 3.00 bits per heavy atom. The number of pyridine rings is 1. The molecule has 1 unspecified atom stereocenters. The molecule has 0 saturated heterocycles. The number of carbonyl (C=O) groups is 1. The number of carbonyl (C=O) groups excluding carboxylic acids is 1. The topological polar surface area (TPSA) is 54.9 Å². The first-order valence-electron chi connectivity index (χ1n) is 4.99. The molecule has 0 aliphatic heterocycles. The molecule has 2 rings (SSSR count). The van der Waals surface area contributed by atoms with E-state index in [1.165, 1.54) is 29.5 Å². The molecule has 0 aliphatic rings. The molecule has 0 saturated carbocycles. The van der Waals surface area contributed by atoms with E-state index in [2.05, 4.69) is 15.3 Å². The molecule has 1 amide bonds. The first-order chi connectivity index (χ1) is 8.16. The summed E-state index contributed by atoms with van der Waals surface area (Å²) in [5.74, 6) is -1.08. The van der Waals surface area contributed by atoms with Gasteiger partial charge in [-0.3, -0.25) is 4.79 Å². The van der Waals surface area contributed by atoms with Crippen LogP contribution in [0.5, 0.6) is 0 Å². The number of nitrogens with one attached hydrogen (secondary N) is 1. The van der Waals surface area contributed by atoms with Crippen LogP contribution < -0.4 is 5.32 Å². The highest BCUT2D eigenvalue weighted by atomic mass is 32.1. The monoisotopic (exact) mass is 251 g/mol. The van der Waals surface area contributed by atoms with E-state index < -0.39 is 11.9 Å². The predicted molar refractivity (Wildman–Crippen MR) is 62.2 cm³/mol. The van der Waals surface area contributed by atoms with E-state index in [0.29, 0.717) is 0 Å². The number of halogens is 1. The fraction of sp³-hybridized carbons (Fsp3) is 0.182. The van der Waals surface area contributed by atoms with E-state index in [4.69, 9.17) is 0 Å². The minimum absolute atomic E-state index is 0.0633. The average Bonchev–Trinajstić information content (AvgIpc) is 2.82. The Morgan fingerprint density at radius 2 is 2.35 bits per heavy atom. The van der Waals surface area contributed by atoms with Crippen LogP contribution in [-0.4, -0.2) is 15.9 Å². The van der Waals surface area contributed by atoms with Crippen LogP contribution in [0, 0.1) is 5.95 Å². The van der Waals surface area contributed by atoms with E-state index in [9.17, 15) is 9.18 Å². The first-order valence-corrected chi connectivity index (χ1v) is 5.87. The van der Waals surface area contributed by atoms with Crippen molar-refractivity contribution in [3.63, 3.8) is 0 Å². The summed E-state index contributed by atoms with van der Waals surface area (Å²) in [6, 6.07) is 3.90. The largest absolute Gasteiger partial charge is 0.342 e. The first kappa shape index (κ1) is 11.7. The molecular weight excluding hydrogens is 241 g/mol. The minimum Gasteiger partial charge on any atom is -0.342 e. The van der Waals surface area contributed by atoms with Gasteiger partial charge in [0.25, 0.3) is 5.91 Å². The molecule has 88 valence electrons.